The van der Waals surface area contributed by atoms with Gasteiger partial charge in [0.1, 0.15) is 11.3 Å². The van der Waals surface area contributed by atoms with Gasteiger partial charge in [-0.2, -0.15) is 5.01 Å². The number of hydrazine groups is 1. The van der Waals surface area contributed by atoms with Crippen molar-refractivity contribution in [3.8, 4) is 5.75 Å². The zero-order valence-corrected chi connectivity index (χ0v) is 17.3. The number of aromatic hydroxyl groups is 1. The molecule has 2 aromatic carbocycles. The molecule has 9 nitrogen and oxygen atoms in total. The van der Waals surface area contributed by atoms with E-state index >= 15 is 0 Å². The number of phenolic OH excluding ortho intramolecular Hbond substituents is 1. The van der Waals surface area contributed by atoms with E-state index in [9.17, 15) is 19.5 Å². The molecule has 2 aliphatic heterocycles. The Labute approximate surface area is 180 Å². The van der Waals surface area contributed by atoms with Gasteiger partial charge in [-0.05, 0) is 24.6 Å². The largest absolute Gasteiger partial charge is 0.506 e. The quantitative estimate of drug-likeness (QED) is 0.489. The first kappa shape index (κ1) is 20.7. The summed E-state index contributed by atoms with van der Waals surface area (Å²) >= 11 is 0. The van der Waals surface area contributed by atoms with Gasteiger partial charge in [0, 0.05) is 0 Å². The molecule has 0 spiro atoms. The second-order valence-electron chi connectivity index (χ2n) is 8.00. The monoisotopic (exact) mass is 424 g/mol. The van der Waals surface area contributed by atoms with Gasteiger partial charge < -0.3 is 20.2 Å². The molecular formula is C22H26N5O4+. The van der Waals surface area contributed by atoms with Gasteiger partial charge in [-0.3, -0.25) is 15.0 Å². The van der Waals surface area contributed by atoms with E-state index in [0.717, 1.165) is 15.6 Å². The molecule has 0 saturated carbocycles. The second-order valence-corrected chi connectivity index (χ2v) is 8.00. The van der Waals surface area contributed by atoms with E-state index in [1.54, 1.807) is 43.3 Å². The van der Waals surface area contributed by atoms with Gasteiger partial charge in [-0.15, -0.1) is 0 Å². The summed E-state index contributed by atoms with van der Waals surface area (Å²) in [6.07, 6.45) is 0. The molecule has 1 atom stereocenters. The molecule has 2 aromatic rings. The molecule has 2 aliphatic rings. The van der Waals surface area contributed by atoms with Crippen LogP contribution in [0.5, 0.6) is 5.75 Å². The second kappa shape index (κ2) is 8.27. The first-order valence-corrected chi connectivity index (χ1v) is 10.3. The average Bonchev–Trinajstić information content (AvgIpc) is 2.99. The van der Waals surface area contributed by atoms with E-state index in [1.807, 2.05) is 18.2 Å². The lowest BCUT2D eigenvalue weighted by Gasteiger charge is -2.33. The Kier molecular flexibility index (Phi) is 5.51. The highest BCUT2D eigenvalue weighted by atomic mass is 16.3. The highest BCUT2D eigenvalue weighted by Crippen LogP contribution is 2.28. The summed E-state index contributed by atoms with van der Waals surface area (Å²) in [5.41, 5.74) is 2.67. The van der Waals surface area contributed by atoms with Gasteiger partial charge in [-0.1, -0.05) is 42.5 Å². The minimum Gasteiger partial charge on any atom is -0.506 e. The van der Waals surface area contributed by atoms with E-state index in [-0.39, 0.29) is 12.3 Å². The van der Waals surface area contributed by atoms with Crippen molar-refractivity contribution in [1.29, 1.82) is 0 Å². The minimum absolute atomic E-state index is 0.147. The number of rotatable bonds is 5. The number of amides is 4. The van der Waals surface area contributed by atoms with Crippen LogP contribution in [0, 0.1) is 0 Å². The standard InChI is InChI=1S/C22H25N5O4/c1-22(16-7-3-2-4-8-16)20(30)27(21(31)23-22)24-19(29)15-25-11-13-26(14-12-25)17-9-5-6-10-18(17)28/h2-10,28H,11-15H2,1H3,(H,23,31)(H,24,29)/p+1/t22-/m0/s1. The van der Waals surface area contributed by atoms with E-state index in [1.165, 1.54) is 0 Å². The molecule has 4 N–H and O–H groups in total. The number of urea groups is 1. The lowest BCUT2D eigenvalue weighted by molar-refractivity contribution is -0.892. The summed E-state index contributed by atoms with van der Waals surface area (Å²) in [6.45, 7) is 4.55. The maximum atomic E-state index is 12.9. The first-order valence-electron chi connectivity index (χ1n) is 10.3. The highest BCUT2D eigenvalue weighted by Gasteiger charge is 2.50. The summed E-state index contributed by atoms with van der Waals surface area (Å²) in [5, 5.41) is 13.5. The van der Waals surface area contributed by atoms with Crippen molar-refractivity contribution in [2.24, 2.45) is 0 Å². The molecule has 4 rings (SSSR count). The highest BCUT2D eigenvalue weighted by molar-refractivity contribution is 6.08. The molecule has 0 radical (unpaired) electrons. The number of carbonyl (C=O) groups excluding carboxylic acids is 3. The van der Waals surface area contributed by atoms with Crippen LogP contribution >= 0.6 is 0 Å². The van der Waals surface area contributed by atoms with Crippen LogP contribution < -0.4 is 20.5 Å². The molecule has 31 heavy (non-hydrogen) atoms. The summed E-state index contributed by atoms with van der Waals surface area (Å²) in [5.74, 6) is -0.674. The fourth-order valence-electron chi connectivity index (χ4n) is 4.07. The molecule has 0 aliphatic carbocycles. The number of nitrogens with one attached hydrogen (secondary N) is 3. The van der Waals surface area contributed by atoms with Crippen molar-refractivity contribution in [1.82, 2.24) is 15.8 Å². The molecule has 9 heteroatoms. The number of nitrogens with zero attached hydrogens (tertiary/aromatic N) is 2. The van der Waals surface area contributed by atoms with Crippen molar-refractivity contribution in [2.75, 3.05) is 37.6 Å². The Morgan fingerprint density at radius 3 is 2.42 bits per heavy atom. The summed E-state index contributed by atoms with van der Waals surface area (Å²) < 4.78 is 0. The van der Waals surface area contributed by atoms with Gasteiger partial charge in [0.15, 0.2) is 6.54 Å². The van der Waals surface area contributed by atoms with Crippen LogP contribution in [-0.2, 0) is 15.1 Å². The first-order chi connectivity index (χ1) is 14.9. The number of hydrogen-bond acceptors (Lipinski definition) is 5. The smallest absolute Gasteiger partial charge is 0.344 e. The van der Waals surface area contributed by atoms with Crippen LogP contribution in [-0.4, -0.2) is 60.7 Å². The number of carbonyl (C=O) groups is 3. The van der Waals surface area contributed by atoms with Crippen molar-refractivity contribution >= 4 is 23.5 Å². The number of hydrogen-bond donors (Lipinski definition) is 4. The SMILES string of the molecule is C[C@@]1(c2ccccc2)NC(=O)N(NC(=O)C[NH+]2CCN(c3ccccc3O)CC2)C1=O. The Balaban J connectivity index is 1.33. The fourth-order valence-corrected chi connectivity index (χ4v) is 4.07. The van der Waals surface area contributed by atoms with Crippen molar-refractivity contribution in [2.45, 2.75) is 12.5 Å². The van der Waals surface area contributed by atoms with Crippen LogP contribution in [0.25, 0.3) is 0 Å². The number of para-hydroxylation sites is 2. The third-order valence-electron chi connectivity index (χ3n) is 5.88. The summed E-state index contributed by atoms with van der Waals surface area (Å²) in [6, 6.07) is 15.5. The predicted octanol–water partition coefficient (Wildman–Crippen LogP) is -0.404. The lowest BCUT2D eigenvalue weighted by Crippen LogP contribution is -3.16. The van der Waals surface area contributed by atoms with Gasteiger partial charge in [0.2, 0.25) is 0 Å². The number of anilines is 1. The van der Waals surface area contributed by atoms with Crippen molar-refractivity contribution < 1.29 is 24.4 Å². The Hall–Kier alpha value is -3.59. The van der Waals surface area contributed by atoms with Gasteiger partial charge in [0.25, 0.3) is 11.8 Å². The van der Waals surface area contributed by atoms with Crippen LogP contribution in [0.2, 0.25) is 0 Å². The zero-order chi connectivity index (χ0) is 22.0. The number of benzene rings is 2. The maximum Gasteiger partial charge on any atom is 0.344 e. The van der Waals surface area contributed by atoms with Crippen molar-refractivity contribution in [3.05, 3.63) is 60.2 Å². The molecule has 0 unspecified atom stereocenters. The zero-order valence-electron chi connectivity index (χ0n) is 17.3. The Bertz CT molecular complexity index is 990. The normalized spacial score (nSPS) is 21.8. The predicted molar refractivity (Wildman–Crippen MR) is 113 cm³/mol. The number of phenols is 1. The number of quaternary nitrogens is 1. The topological polar surface area (TPSA) is 106 Å². The Morgan fingerprint density at radius 1 is 1.10 bits per heavy atom. The Morgan fingerprint density at radius 2 is 1.74 bits per heavy atom. The van der Waals surface area contributed by atoms with E-state index in [4.69, 9.17) is 0 Å². The molecule has 2 fully saturated rings. The number of piperazine rings is 1. The van der Waals surface area contributed by atoms with E-state index in [0.29, 0.717) is 31.7 Å². The van der Waals surface area contributed by atoms with Crippen LogP contribution in [0.1, 0.15) is 12.5 Å². The molecular weight excluding hydrogens is 398 g/mol. The van der Waals surface area contributed by atoms with Crippen LogP contribution in [0.15, 0.2) is 54.6 Å². The molecule has 162 valence electrons. The molecule has 2 saturated heterocycles. The third kappa shape index (κ3) is 4.04. The van der Waals surface area contributed by atoms with Crippen LogP contribution in [0.3, 0.4) is 0 Å². The van der Waals surface area contributed by atoms with Gasteiger partial charge in [-0.25, -0.2) is 4.79 Å². The maximum absolute atomic E-state index is 12.9. The lowest BCUT2D eigenvalue weighted by atomic mass is 9.92. The molecule has 2 heterocycles. The summed E-state index contributed by atoms with van der Waals surface area (Å²) in [7, 11) is 0. The van der Waals surface area contributed by atoms with E-state index in [2.05, 4.69) is 15.6 Å². The minimum atomic E-state index is -1.22. The van der Waals surface area contributed by atoms with Gasteiger partial charge in [0.05, 0.1) is 31.9 Å². The molecule has 4 amide bonds. The molecule has 0 aromatic heterocycles. The molecule has 0 bridgehead atoms. The number of imide groups is 1. The summed E-state index contributed by atoms with van der Waals surface area (Å²) in [4.78, 5) is 40.9. The van der Waals surface area contributed by atoms with Crippen molar-refractivity contribution in [3.63, 3.8) is 0 Å². The van der Waals surface area contributed by atoms with E-state index < -0.39 is 23.4 Å². The van der Waals surface area contributed by atoms with Gasteiger partial charge >= 0.3 is 6.03 Å². The fraction of sp³-hybridized carbons (Fsp3) is 0.318. The third-order valence-corrected chi connectivity index (χ3v) is 5.88. The van der Waals surface area contributed by atoms with Crippen LogP contribution in [0.4, 0.5) is 10.5 Å². The average molecular weight is 424 g/mol.